The number of rotatable bonds is 11. The van der Waals surface area contributed by atoms with Gasteiger partial charge in [-0.3, -0.25) is 9.10 Å². The van der Waals surface area contributed by atoms with Crippen LogP contribution in [0, 0.1) is 5.82 Å². The Bertz CT molecular complexity index is 1200. The summed E-state index contributed by atoms with van der Waals surface area (Å²) < 4.78 is 51.5. The second-order valence-electron chi connectivity index (χ2n) is 7.44. The molecule has 180 valence electrons. The first-order valence-corrected chi connectivity index (χ1v) is 12.1. The van der Waals surface area contributed by atoms with Crippen LogP contribution in [0.2, 0.25) is 0 Å². The molecule has 0 unspecified atom stereocenters. The summed E-state index contributed by atoms with van der Waals surface area (Å²) >= 11 is 0. The molecule has 1 amide bonds. The molecule has 0 saturated carbocycles. The van der Waals surface area contributed by atoms with E-state index in [-0.39, 0.29) is 16.4 Å². The highest BCUT2D eigenvalue weighted by molar-refractivity contribution is 7.92. The van der Waals surface area contributed by atoms with Crippen molar-refractivity contribution in [3.05, 3.63) is 84.2 Å². The Kier molecular flexibility index (Phi) is 8.48. The van der Waals surface area contributed by atoms with Crippen LogP contribution in [0.15, 0.2) is 77.7 Å². The van der Waals surface area contributed by atoms with E-state index in [0.717, 1.165) is 9.87 Å². The Morgan fingerprint density at radius 1 is 0.941 bits per heavy atom. The first-order chi connectivity index (χ1) is 16.3. The SMILES string of the molecule is COc1ccc(S(=O)(=O)N(CC(=O)NCCCc2ccc(F)cc2)c2ccccc2OC)cc1. The standard InChI is InChI=1S/C25H27FN2O5S/c1-32-21-13-15-22(16-14-21)34(30,31)28(23-7-3-4-8-24(23)33-2)18-25(29)27-17-5-6-19-9-11-20(26)12-10-19/h3-4,7-16H,5-6,17-18H2,1-2H3,(H,27,29). The van der Waals surface area contributed by atoms with Crippen molar-refractivity contribution >= 4 is 21.6 Å². The Balaban J connectivity index is 1.75. The normalized spacial score (nSPS) is 11.0. The second-order valence-corrected chi connectivity index (χ2v) is 9.30. The molecule has 0 heterocycles. The van der Waals surface area contributed by atoms with Crippen LogP contribution in [0.1, 0.15) is 12.0 Å². The summed E-state index contributed by atoms with van der Waals surface area (Å²) in [4.78, 5) is 12.8. The first kappa shape index (κ1) is 25.0. The predicted molar refractivity (Wildman–Crippen MR) is 128 cm³/mol. The number of benzene rings is 3. The molecule has 1 N–H and O–H groups in total. The molecule has 0 aliphatic heterocycles. The number of amides is 1. The number of ether oxygens (including phenoxy) is 2. The van der Waals surface area contributed by atoms with Gasteiger partial charge >= 0.3 is 0 Å². The van der Waals surface area contributed by atoms with Gasteiger partial charge < -0.3 is 14.8 Å². The van der Waals surface area contributed by atoms with Crippen molar-refractivity contribution in [1.82, 2.24) is 5.32 Å². The van der Waals surface area contributed by atoms with Gasteiger partial charge in [0.25, 0.3) is 10.0 Å². The van der Waals surface area contributed by atoms with Gasteiger partial charge in [-0.05, 0) is 66.9 Å². The van der Waals surface area contributed by atoms with Crippen LogP contribution in [-0.2, 0) is 21.2 Å². The van der Waals surface area contributed by atoms with Gasteiger partial charge in [-0.1, -0.05) is 24.3 Å². The van der Waals surface area contributed by atoms with E-state index in [0.29, 0.717) is 30.9 Å². The number of methoxy groups -OCH3 is 2. The lowest BCUT2D eigenvalue weighted by molar-refractivity contribution is -0.119. The molecule has 3 aromatic carbocycles. The summed E-state index contributed by atoms with van der Waals surface area (Å²) in [6.45, 7) is -0.0795. The number of anilines is 1. The average Bonchev–Trinajstić information content (AvgIpc) is 2.86. The lowest BCUT2D eigenvalue weighted by Gasteiger charge is -2.25. The molecule has 0 saturated heterocycles. The summed E-state index contributed by atoms with van der Waals surface area (Å²) in [5.74, 6) is 0.0824. The van der Waals surface area contributed by atoms with Crippen LogP contribution in [0.25, 0.3) is 0 Å². The minimum absolute atomic E-state index is 0.0170. The summed E-state index contributed by atoms with van der Waals surface area (Å²) in [6, 6.07) is 18.7. The van der Waals surface area contributed by atoms with Gasteiger partial charge in [0.15, 0.2) is 0 Å². The molecular formula is C25H27FN2O5S. The van der Waals surface area contributed by atoms with Gasteiger partial charge in [0.05, 0.1) is 24.8 Å². The zero-order valence-corrected chi connectivity index (χ0v) is 19.8. The summed E-state index contributed by atoms with van der Waals surface area (Å²) in [7, 11) is -1.15. The van der Waals surface area contributed by atoms with Crippen LogP contribution in [0.4, 0.5) is 10.1 Å². The molecule has 9 heteroatoms. The fourth-order valence-corrected chi connectivity index (χ4v) is 4.80. The molecule has 0 aliphatic carbocycles. The molecule has 0 bridgehead atoms. The van der Waals surface area contributed by atoms with Crippen molar-refractivity contribution in [2.45, 2.75) is 17.7 Å². The minimum Gasteiger partial charge on any atom is -0.497 e. The maximum absolute atomic E-state index is 13.5. The van der Waals surface area contributed by atoms with E-state index in [1.807, 2.05) is 0 Å². The monoisotopic (exact) mass is 486 g/mol. The number of aryl methyl sites for hydroxylation is 1. The highest BCUT2D eigenvalue weighted by atomic mass is 32.2. The maximum Gasteiger partial charge on any atom is 0.264 e. The van der Waals surface area contributed by atoms with Crippen LogP contribution in [0.5, 0.6) is 11.5 Å². The summed E-state index contributed by atoms with van der Waals surface area (Å²) in [5, 5.41) is 2.76. The van der Waals surface area contributed by atoms with E-state index in [2.05, 4.69) is 5.32 Å². The van der Waals surface area contributed by atoms with Gasteiger partial charge in [0.2, 0.25) is 5.91 Å². The number of nitrogens with zero attached hydrogens (tertiary/aromatic N) is 1. The molecule has 0 spiro atoms. The lowest BCUT2D eigenvalue weighted by Crippen LogP contribution is -2.41. The third kappa shape index (κ3) is 6.26. The molecule has 0 aromatic heterocycles. The quantitative estimate of drug-likeness (QED) is 0.417. The predicted octanol–water partition coefficient (Wildman–Crippen LogP) is 3.79. The number of para-hydroxylation sites is 2. The third-order valence-corrected chi connectivity index (χ3v) is 6.94. The molecule has 0 atom stereocenters. The number of nitrogens with one attached hydrogen (secondary N) is 1. The molecule has 3 aromatic rings. The zero-order chi connectivity index (χ0) is 24.6. The number of hydrogen-bond acceptors (Lipinski definition) is 5. The minimum atomic E-state index is -4.08. The van der Waals surface area contributed by atoms with E-state index in [9.17, 15) is 17.6 Å². The molecule has 0 fully saturated rings. The fourth-order valence-electron chi connectivity index (χ4n) is 3.37. The highest BCUT2D eigenvalue weighted by Gasteiger charge is 2.29. The number of hydrogen-bond donors (Lipinski definition) is 1. The molecule has 0 aliphatic rings. The van der Waals surface area contributed by atoms with Crippen LogP contribution < -0.4 is 19.1 Å². The van der Waals surface area contributed by atoms with E-state index in [1.165, 1.54) is 38.5 Å². The summed E-state index contributed by atoms with van der Waals surface area (Å²) in [5.41, 5.74) is 1.20. The Morgan fingerprint density at radius 3 is 2.26 bits per heavy atom. The average molecular weight is 487 g/mol. The van der Waals surface area contributed by atoms with Gasteiger partial charge in [-0.2, -0.15) is 0 Å². The Hall–Kier alpha value is -3.59. The van der Waals surface area contributed by atoms with Crippen molar-refractivity contribution in [1.29, 1.82) is 0 Å². The van der Waals surface area contributed by atoms with Crippen LogP contribution >= 0.6 is 0 Å². The van der Waals surface area contributed by atoms with E-state index in [1.54, 1.807) is 48.5 Å². The maximum atomic E-state index is 13.5. The van der Waals surface area contributed by atoms with Crippen molar-refractivity contribution < 1.29 is 27.1 Å². The van der Waals surface area contributed by atoms with Crippen molar-refractivity contribution in [2.75, 3.05) is 31.6 Å². The third-order valence-electron chi connectivity index (χ3n) is 5.17. The second kappa shape index (κ2) is 11.5. The van der Waals surface area contributed by atoms with Crippen molar-refractivity contribution in [3.63, 3.8) is 0 Å². The van der Waals surface area contributed by atoms with Crippen LogP contribution in [0.3, 0.4) is 0 Å². The van der Waals surface area contributed by atoms with E-state index >= 15 is 0 Å². The molecular weight excluding hydrogens is 459 g/mol. The first-order valence-electron chi connectivity index (χ1n) is 10.7. The topological polar surface area (TPSA) is 84.9 Å². The number of sulfonamides is 1. The van der Waals surface area contributed by atoms with E-state index in [4.69, 9.17) is 9.47 Å². The van der Waals surface area contributed by atoms with Gasteiger partial charge in [0, 0.05) is 6.54 Å². The molecule has 3 rings (SSSR count). The summed E-state index contributed by atoms with van der Waals surface area (Å²) in [6.07, 6.45) is 1.28. The van der Waals surface area contributed by atoms with Gasteiger partial charge in [0.1, 0.15) is 23.9 Å². The molecule has 7 nitrogen and oxygen atoms in total. The molecule has 34 heavy (non-hydrogen) atoms. The van der Waals surface area contributed by atoms with Crippen molar-refractivity contribution in [2.24, 2.45) is 0 Å². The number of carbonyl (C=O) groups is 1. The smallest absolute Gasteiger partial charge is 0.264 e. The Labute approximate surface area is 199 Å². The largest absolute Gasteiger partial charge is 0.497 e. The lowest BCUT2D eigenvalue weighted by atomic mass is 10.1. The Morgan fingerprint density at radius 2 is 1.62 bits per heavy atom. The molecule has 0 radical (unpaired) electrons. The van der Waals surface area contributed by atoms with Gasteiger partial charge in [-0.25, -0.2) is 12.8 Å². The number of halogens is 1. The number of carbonyl (C=O) groups excluding carboxylic acids is 1. The van der Waals surface area contributed by atoms with E-state index < -0.39 is 22.5 Å². The van der Waals surface area contributed by atoms with Gasteiger partial charge in [-0.15, -0.1) is 0 Å². The zero-order valence-electron chi connectivity index (χ0n) is 19.0. The van der Waals surface area contributed by atoms with Crippen LogP contribution in [-0.4, -0.2) is 41.6 Å². The highest BCUT2D eigenvalue weighted by Crippen LogP contribution is 2.32. The fraction of sp³-hybridized carbons (Fsp3) is 0.240. The van der Waals surface area contributed by atoms with Crippen molar-refractivity contribution in [3.8, 4) is 11.5 Å².